The zero-order valence-electron chi connectivity index (χ0n) is 12.7. The molecule has 6 atom stereocenters. The van der Waals surface area contributed by atoms with Crippen LogP contribution in [0.4, 0.5) is 4.39 Å². The fourth-order valence-electron chi connectivity index (χ4n) is 3.22. The van der Waals surface area contributed by atoms with Gasteiger partial charge in [0.05, 0.1) is 13.0 Å². The number of terminal acetylenes is 1. The molecule has 0 aromatic heterocycles. The predicted octanol–water partition coefficient (Wildman–Crippen LogP) is -1.65. The summed E-state index contributed by atoms with van der Waals surface area (Å²) in [6.07, 6.45) is 5.10. The Morgan fingerprint density at radius 1 is 1.70 bits per heavy atom. The van der Waals surface area contributed by atoms with Crippen molar-refractivity contribution >= 4 is 12.2 Å². The average Bonchev–Trinajstić information content (AvgIpc) is 2.96. The first kappa shape index (κ1) is 16.1. The van der Waals surface area contributed by atoms with E-state index in [4.69, 9.17) is 16.9 Å². The molecule has 0 spiro atoms. The van der Waals surface area contributed by atoms with Crippen LogP contribution in [0.5, 0.6) is 0 Å². The fourth-order valence-corrected chi connectivity index (χ4v) is 3.22. The average molecular weight is 325 g/mol. The van der Waals surface area contributed by atoms with Gasteiger partial charge in [-0.25, -0.2) is 4.39 Å². The molecular weight excluding hydrogens is 305 g/mol. The van der Waals surface area contributed by atoms with Crippen molar-refractivity contribution in [1.82, 2.24) is 10.2 Å². The number of alkyl halides is 1. The van der Waals surface area contributed by atoms with Gasteiger partial charge >= 0.3 is 0 Å². The minimum absolute atomic E-state index is 0.300. The lowest BCUT2D eigenvalue weighted by molar-refractivity contribution is -0.302. The molecule has 3 heterocycles. The summed E-state index contributed by atoms with van der Waals surface area (Å²) >= 11 is 0. The molecule has 0 radical (unpaired) electrons. The smallest absolute Gasteiger partial charge is 0.238 e. The minimum atomic E-state index is -2.43. The summed E-state index contributed by atoms with van der Waals surface area (Å²) in [4.78, 5) is 9.96. The van der Waals surface area contributed by atoms with Crippen molar-refractivity contribution in [3.05, 3.63) is 0 Å². The third-order valence-corrected chi connectivity index (χ3v) is 4.67. The van der Waals surface area contributed by atoms with Gasteiger partial charge in [-0.2, -0.15) is 0 Å². The highest BCUT2D eigenvalue weighted by atomic mass is 19.2. The van der Waals surface area contributed by atoms with Gasteiger partial charge in [0.25, 0.3) is 0 Å². The summed E-state index contributed by atoms with van der Waals surface area (Å²) in [5.41, 5.74) is 4.09. The van der Waals surface area contributed by atoms with Gasteiger partial charge in [0.2, 0.25) is 5.85 Å². The molecule has 3 aliphatic rings. The monoisotopic (exact) mass is 325 g/mol. The molecule has 0 aromatic rings. The van der Waals surface area contributed by atoms with Gasteiger partial charge in [0, 0.05) is 12.3 Å². The molecule has 0 aliphatic carbocycles. The number of hydrogen-bond donors (Lipinski definition) is 4. The quantitative estimate of drug-likeness (QED) is 0.452. The maximum absolute atomic E-state index is 14.7. The lowest BCUT2D eigenvalue weighted by Crippen LogP contribution is -2.66. The van der Waals surface area contributed by atoms with Crippen molar-refractivity contribution < 1.29 is 19.3 Å². The fraction of sp³-hybridized carbons (Fsp3) is 0.714. The number of fused-ring (bicyclic) bond motifs is 1. The number of halogens is 1. The second-order valence-corrected chi connectivity index (χ2v) is 6.13. The molecule has 0 saturated carbocycles. The molecule has 1 saturated heterocycles. The van der Waals surface area contributed by atoms with E-state index in [-0.39, 0.29) is 6.17 Å². The molecule has 8 nitrogen and oxygen atoms in total. The lowest BCUT2D eigenvalue weighted by Gasteiger charge is -2.50. The number of aliphatic hydroxyl groups is 2. The maximum atomic E-state index is 14.7. The number of nitrogens with one attached hydrogen (secondary N) is 1. The highest BCUT2D eigenvalue weighted by Gasteiger charge is 2.56. The molecule has 3 rings (SSSR count). The van der Waals surface area contributed by atoms with E-state index in [1.165, 1.54) is 6.34 Å². The Morgan fingerprint density at radius 3 is 3.09 bits per heavy atom. The van der Waals surface area contributed by atoms with Gasteiger partial charge in [-0.05, 0) is 0 Å². The highest BCUT2D eigenvalue weighted by molar-refractivity contribution is 5.90. The van der Waals surface area contributed by atoms with E-state index >= 15 is 0 Å². The Hall–Kier alpha value is -1.73. The van der Waals surface area contributed by atoms with Crippen LogP contribution in [0.1, 0.15) is 13.3 Å². The first-order chi connectivity index (χ1) is 10.8. The normalized spacial score (nSPS) is 46.2. The molecule has 126 valence electrons. The molecule has 23 heavy (non-hydrogen) atoms. The van der Waals surface area contributed by atoms with E-state index in [1.54, 1.807) is 11.8 Å². The van der Waals surface area contributed by atoms with Crippen LogP contribution in [0.3, 0.4) is 0 Å². The number of hydrogen-bond acceptors (Lipinski definition) is 8. The summed E-state index contributed by atoms with van der Waals surface area (Å²) in [6, 6.07) is -0.413. The molecular formula is C14H20FN5O3. The SMILES string of the molecule is C#C[C@@]1(O)C[C@@](F)(CO)O[C@@H](N2C=NC3C(N)=NCNC32)C1C. The molecule has 0 aromatic carbocycles. The Kier molecular flexibility index (Phi) is 3.80. The van der Waals surface area contributed by atoms with Gasteiger partial charge in [-0.1, -0.05) is 12.8 Å². The van der Waals surface area contributed by atoms with Crippen LogP contribution in [-0.4, -0.2) is 70.5 Å². The third kappa shape index (κ3) is 2.48. The van der Waals surface area contributed by atoms with Crippen molar-refractivity contribution in [3.8, 4) is 12.3 Å². The Labute approximate surface area is 133 Å². The molecule has 9 heteroatoms. The lowest BCUT2D eigenvalue weighted by atomic mass is 9.79. The number of aliphatic imine (C=N–C) groups is 2. The van der Waals surface area contributed by atoms with Crippen LogP contribution in [0.15, 0.2) is 9.98 Å². The van der Waals surface area contributed by atoms with Gasteiger partial charge in [-0.15, -0.1) is 6.42 Å². The van der Waals surface area contributed by atoms with Crippen molar-refractivity contribution in [2.24, 2.45) is 21.6 Å². The van der Waals surface area contributed by atoms with E-state index in [0.29, 0.717) is 12.5 Å². The topological polar surface area (TPSA) is 116 Å². The largest absolute Gasteiger partial charge is 0.390 e. The number of aliphatic hydroxyl groups excluding tert-OH is 1. The first-order valence-corrected chi connectivity index (χ1v) is 7.35. The van der Waals surface area contributed by atoms with Gasteiger partial charge in [-0.3, -0.25) is 15.3 Å². The van der Waals surface area contributed by atoms with Crippen molar-refractivity contribution in [2.45, 2.75) is 43.2 Å². The summed E-state index contributed by atoms with van der Waals surface area (Å²) in [7, 11) is 0. The Morgan fingerprint density at radius 2 is 2.43 bits per heavy atom. The zero-order chi connectivity index (χ0) is 16.8. The van der Waals surface area contributed by atoms with Crippen LogP contribution >= 0.6 is 0 Å². The van der Waals surface area contributed by atoms with E-state index in [0.717, 1.165) is 0 Å². The molecule has 3 aliphatic heterocycles. The third-order valence-electron chi connectivity index (χ3n) is 4.67. The Balaban J connectivity index is 1.91. The number of amidine groups is 1. The van der Waals surface area contributed by atoms with Crippen LogP contribution in [0.2, 0.25) is 0 Å². The molecule has 1 fully saturated rings. The summed E-state index contributed by atoms with van der Waals surface area (Å²) in [5.74, 6) is -0.437. The standard InChI is InChI=1S/C14H20FN5O3/c1-3-13(22)4-14(15,5-21)23-12(8(13)2)20-7-19-9-10(16)17-6-18-11(9)20/h1,7-9,11-12,18,21-22H,4-6H2,2H3,(H2,16,17)/t8?,9?,11?,12-,13-,14+/m1/s1. The van der Waals surface area contributed by atoms with Crippen LogP contribution in [0.25, 0.3) is 0 Å². The Bertz CT molecular complexity index is 593. The summed E-state index contributed by atoms with van der Waals surface area (Å²) < 4.78 is 20.1. The van der Waals surface area contributed by atoms with Crippen LogP contribution in [0, 0.1) is 18.3 Å². The summed E-state index contributed by atoms with van der Waals surface area (Å²) in [6.45, 7) is 1.06. The number of rotatable bonds is 2. The van der Waals surface area contributed by atoms with E-state index in [1.807, 2.05) is 0 Å². The second kappa shape index (κ2) is 5.42. The summed E-state index contributed by atoms with van der Waals surface area (Å²) in [5, 5.41) is 23.0. The van der Waals surface area contributed by atoms with Crippen LogP contribution < -0.4 is 11.1 Å². The molecule has 0 amide bonds. The van der Waals surface area contributed by atoms with Crippen molar-refractivity contribution in [2.75, 3.05) is 13.3 Å². The van der Waals surface area contributed by atoms with Crippen molar-refractivity contribution in [1.29, 1.82) is 0 Å². The highest BCUT2D eigenvalue weighted by Crippen LogP contribution is 2.42. The number of ether oxygens (including phenoxy) is 1. The first-order valence-electron chi connectivity index (χ1n) is 7.35. The van der Waals surface area contributed by atoms with E-state index in [2.05, 4.69) is 21.2 Å². The van der Waals surface area contributed by atoms with E-state index < -0.39 is 42.7 Å². The van der Waals surface area contributed by atoms with Gasteiger partial charge in [0.1, 0.15) is 36.5 Å². The molecule has 5 N–H and O–H groups in total. The number of nitrogens with zero attached hydrogens (tertiary/aromatic N) is 3. The predicted molar refractivity (Wildman–Crippen MR) is 80.9 cm³/mol. The van der Waals surface area contributed by atoms with E-state index in [9.17, 15) is 14.6 Å². The maximum Gasteiger partial charge on any atom is 0.238 e. The minimum Gasteiger partial charge on any atom is -0.390 e. The molecule has 3 unspecified atom stereocenters. The van der Waals surface area contributed by atoms with Crippen LogP contribution in [-0.2, 0) is 4.74 Å². The zero-order valence-corrected chi connectivity index (χ0v) is 12.7. The van der Waals surface area contributed by atoms with Gasteiger partial charge < -0.3 is 25.6 Å². The van der Waals surface area contributed by atoms with Crippen molar-refractivity contribution in [3.63, 3.8) is 0 Å². The number of nitrogens with two attached hydrogens (primary N) is 1. The second-order valence-electron chi connectivity index (χ2n) is 6.13. The molecule has 0 bridgehead atoms. The van der Waals surface area contributed by atoms with Gasteiger partial charge in [0.15, 0.2) is 0 Å².